The number of thiophene rings is 1. The minimum absolute atomic E-state index is 0.224. The second-order valence-electron chi connectivity index (χ2n) is 8.38. The average molecular weight is 525 g/mol. The summed E-state index contributed by atoms with van der Waals surface area (Å²) in [4.78, 5) is 20.9. The molecule has 8 nitrogen and oxygen atoms in total. The number of carbonyl (C=O) groups excluding carboxylic acids is 1. The first kappa shape index (κ1) is 29.6. The molecule has 1 heterocycles. The number of likely N-dealkylation sites (N-methyl/N-ethyl adjacent to an activating group) is 1. The molecule has 2 N–H and O–H groups in total. The fourth-order valence-electron chi connectivity index (χ4n) is 2.84. The number of nitrogens with one attached hydrogen (secondary N) is 1. The number of halogens is 3. The van der Waals surface area contributed by atoms with Crippen molar-refractivity contribution in [3.8, 4) is 0 Å². The molecule has 0 radical (unpaired) electrons. The Labute approximate surface area is 200 Å². The highest BCUT2D eigenvalue weighted by molar-refractivity contribution is 7.91. The van der Waals surface area contributed by atoms with E-state index < -0.39 is 34.2 Å². The van der Waals surface area contributed by atoms with Crippen LogP contribution in [0.1, 0.15) is 16.9 Å². The molecule has 0 spiro atoms. The zero-order valence-electron chi connectivity index (χ0n) is 18.8. The second kappa shape index (κ2) is 12.3. The Kier molecular flexibility index (Phi) is 10.7. The van der Waals surface area contributed by atoms with Crippen molar-refractivity contribution in [3.63, 3.8) is 0 Å². The number of hydrogen-bond donors (Lipinski definition) is 2. The van der Waals surface area contributed by atoms with Gasteiger partial charge in [-0.05, 0) is 30.5 Å². The van der Waals surface area contributed by atoms with Gasteiger partial charge in [-0.3, -0.25) is 4.79 Å². The number of hydrogen-bond acceptors (Lipinski definition) is 6. The third-order valence-electron chi connectivity index (χ3n) is 4.15. The lowest BCUT2D eigenvalue weighted by Crippen LogP contribution is -2.49. The Morgan fingerprint density at radius 1 is 1.09 bits per heavy atom. The van der Waals surface area contributed by atoms with Crippen molar-refractivity contribution in [3.05, 3.63) is 52.9 Å². The van der Waals surface area contributed by atoms with Crippen LogP contribution in [-0.4, -0.2) is 69.9 Å². The van der Waals surface area contributed by atoms with E-state index in [-0.39, 0.29) is 10.6 Å². The third-order valence-corrected chi connectivity index (χ3v) is 7.30. The predicted molar refractivity (Wildman–Crippen MR) is 118 cm³/mol. The normalized spacial score (nSPS) is 13.0. The van der Waals surface area contributed by atoms with E-state index in [1.54, 1.807) is 6.07 Å². The Hall–Kier alpha value is -2.48. The molecule has 0 aliphatic rings. The molecule has 0 amide bonds. The largest absolute Gasteiger partial charge is 0.542 e. The molecule has 0 aliphatic heterocycles. The second-order valence-corrected chi connectivity index (χ2v) is 11.5. The summed E-state index contributed by atoms with van der Waals surface area (Å²) < 4.78 is 60.2. The predicted octanol–water partition coefficient (Wildman–Crippen LogP) is 1.66. The summed E-state index contributed by atoms with van der Waals surface area (Å²) in [6.45, 7) is 0.387. The van der Waals surface area contributed by atoms with Crippen LogP contribution in [-0.2, 0) is 32.5 Å². The summed E-state index contributed by atoms with van der Waals surface area (Å²) >= 11 is 1.23. The molecule has 1 aromatic carbocycles. The Morgan fingerprint density at radius 2 is 1.65 bits per heavy atom. The molecule has 1 atom stereocenters. The number of aliphatic carboxylic acids is 2. The standard InChI is InChI=1S/C19H26N2O4S2.C2HF3O2/c1-21(2,3)14-16(13-18(22)23)20-27(24,25)19-12-11-17(26-19)10-9-15-7-5-4-6-8-15;3-2(4,5)1(6)7/h4-8,11-12,16,20H,9-10,13-14H2,1-3H3;(H,6,7). The molecule has 0 bridgehead atoms. The number of sulfonamides is 1. The minimum Gasteiger partial charge on any atom is -0.542 e. The topological polar surface area (TPSA) is 124 Å². The summed E-state index contributed by atoms with van der Waals surface area (Å²) in [6.07, 6.45) is -3.83. The van der Waals surface area contributed by atoms with Gasteiger partial charge < -0.3 is 19.5 Å². The number of benzene rings is 1. The number of carboxylic acids is 2. The van der Waals surface area contributed by atoms with E-state index in [0.29, 0.717) is 11.0 Å². The Balaban J connectivity index is 0.000000718. The van der Waals surface area contributed by atoms with Crippen LogP contribution in [0, 0.1) is 0 Å². The van der Waals surface area contributed by atoms with E-state index in [2.05, 4.69) is 4.72 Å². The van der Waals surface area contributed by atoms with Gasteiger partial charge in [0, 0.05) is 4.88 Å². The van der Waals surface area contributed by atoms with Gasteiger partial charge in [0.1, 0.15) is 10.2 Å². The summed E-state index contributed by atoms with van der Waals surface area (Å²) in [5, 5.41) is 17.9. The molecule has 2 aromatic rings. The molecule has 0 saturated carbocycles. The molecule has 0 saturated heterocycles. The zero-order chi connectivity index (χ0) is 26.2. The van der Waals surface area contributed by atoms with E-state index >= 15 is 0 Å². The SMILES string of the molecule is C[N+](C)(C)CC(CC(=O)O)NS(=O)(=O)c1ccc(CCc2ccccc2)s1.O=C([O-])C(F)(F)F. The van der Waals surface area contributed by atoms with Crippen LogP contribution in [0.2, 0.25) is 0 Å². The van der Waals surface area contributed by atoms with Gasteiger partial charge in [-0.2, -0.15) is 13.2 Å². The van der Waals surface area contributed by atoms with Crippen molar-refractivity contribution < 1.29 is 45.9 Å². The van der Waals surface area contributed by atoms with Crippen LogP contribution in [0.15, 0.2) is 46.7 Å². The highest BCUT2D eigenvalue weighted by Crippen LogP contribution is 2.23. The maximum Gasteiger partial charge on any atom is 0.430 e. The van der Waals surface area contributed by atoms with Crippen molar-refractivity contribution in [1.82, 2.24) is 4.72 Å². The lowest BCUT2D eigenvalue weighted by molar-refractivity contribution is -0.871. The fourth-order valence-corrected chi connectivity index (χ4v) is 5.44. The van der Waals surface area contributed by atoms with Crippen LogP contribution in [0.25, 0.3) is 0 Å². The molecule has 2 rings (SSSR count). The number of rotatable bonds is 10. The molecule has 190 valence electrons. The van der Waals surface area contributed by atoms with Gasteiger partial charge in [-0.1, -0.05) is 30.3 Å². The van der Waals surface area contributed by atoms with Crippen molar-refractivity contribution in [2.24, 2.45) is 0 Å². The molecule has 13 heteroatoms. The smallest absolute Gasteiger partial charge is 0.430 e. The molecule has 1 unspecified atom stereocenters. The molecule has 0 fully saturated rings. The number of carbonyl (C=O) groups is 2. The van der Waals surface area contributed by atoms with Crippen molar-refractivity contribution >= 4 is 33.3 Å². The lowest BCUT2D eigenvalue weighted by atomic mass is 10.1. The Bertz CT molecular complexity index is 1050. The van der Waals surface area contributed by atoms with E-state index in [9.17, 15) is 26.4 Å². The van der Waals surface area contributed by atoms with Crippen LogP contribution in [0.3, 0.4) is 0 Å². The molecule has 0 aliphatic carbocycles. The molecular formula is C21H27F3N2O6S2. The number of quaternary nitrogens is 1. The van der Waals surface area contributed by atoms with Crippen LogP contribution >= 0.6 is 11.3 Å². The van der Waals surface area contributed by atoms with Gasteiger partial charge in [0.25, 0.3) is 10.0 Å². The van der Waals surface area contributed by atoms with Crippen molar-refractivity contribution in [1.29, 1.82) is 0 Å². The Morgan fingerprint density at radius 3 is 2.12 bits per heavy atom. The van der Waals surface area contributed by atoms with Gasteiger partial charge in [-0.15, -0.1) is 11.3 Å². The summed E-state index contributed by atoms with van der Waals surface area (Å²) in [7, 11) is 1.95. The summed E-state index contributed by atoms with van der Waals surface area (Å²) in [5.74, 6) is -4.03. The summed E-state index contributed by atoms with van der Waals surface area (Å²) in [5.41, 5.74) is 1.21. The molecule has 1 aromatic heterocycles. The maximum atomic E-state index is 12.7. The summed E-state index contributed by atoms with van der Waals surface area (Å²) in [6, 6.07) is 12.8. The zero-order valence-corrected chi connectivity index (χ0v) is 20.5. The molecule has 34 heavy (non-hydrogen) atoms. The van der Waals surface area contributed by atoms with Crippen molar-refractivity contribution in [2.75, 3.05) is 27.7 Å². The fraction of sp³-hybridized carbons (Fsp3) is 0.429. The number of aryl methyl sites for hydroxylation is 2. The first-order chi connectivity index (χ1) is 15.5. The van der Waals surface area contributed by atoms with Gasteiger partial charge in [0.2, 0.25) is 0 Å². The van der Waals surface area contributed by atoms with Crippen LogP contribution in [0.5, 0.6) is 0 Å². The van der Waals surface area contributed by atoms with E-state index in [4.69, 9.17) is 15.0 Å². The molecular weight excluding hydrogens is 497 g/mol. The highest BCUT2D eigenvalue weighted by atomic mass is 32.2. The number of carboxylic acid groups (broad SMARTS) is 2. The van der Waals surface area contributed by atoms with E-state index in [1.807, 2.05) is 57.5 Å². The van der Waals surface area contributed by atoms with Crippen LogP contribution in [0.4, 0.5) is 13.2 Å². The third kappa shape index (κ3) is 11.6. The minimum atomic E-state index is -5.19. The first-order valence-corrected chi connectivity index (χ1v) is 12.2. The first-order valence-electron chi connectivity index (χ1n) is 9.95. The van der Waals surface area contributed by atoms with Gasteiger partial charge in [0.05, 0.1) is 40.2 Å². The van der Waals surface area contributed by atoms with Crippen LogP contribution < -0.4 is 9.83 Å². The van der Waals surface area contributed by atoms with Gasteiger partial charge in [-0.25, -0.2) is 13.1 Å². The lowest BCUT2D eigenvalue weighted by Gasteiger charge is -2.28. The average Bonchev–Trinajstić information content (AvgIpc) is 3.15. The monoisotopic (exact) mass is 524 g/mol. The van der Waals surface area contributed by atoms with E-state index in [0.717, 1.165) is 17.7 Å². The van der Waals surface area contributed by atoms with Gasteiger partial charge >= 0.3 is 12.1 Å². The number of alkyl halides is 3. The number of nitrogens with zero attached hydrogens (tertiary/aromatic N) is 1. The van der Waals surface area contributed by atoms with Crippen molar-refractivity contribution in [2.45, 2.75) is 35.7 Å². The maximum absolute atomic E-state index is 12.7. The quantitative estimate of drug-likeness (QED) is 0.456. The van der Waals surface area contributed by atoms with Gasteiger partial charge in [0.15, 0.2) is 0 Å². The highest BCUT2D eigenvalue weighted by Gasteiger charge is 2.29. The van der Waals surface area contributed by atoms with E-state index in [1.165, 1.54) is 16.9 Å².